The second-order valence-electron chi connectivity index (χ2n) is 6.71. The van der Waals surface area contributed by atoms with Gasteiger partial charge in [-0.3, -0.25) is 9.59 Å². The molecule has 0 aromatic heterocycles. The summed E-state index contributed by atoms with van der Waals surface area (Å²) < 4.78 is 10.3. The van der Waals surface area contributed by atoms with Crippen LogP contribution in [0.5, 0.6) is 0 Å². The van der Waals surface area contributed by atoms with Crippen molar-refractivity contribution in [1.82, 2.24) is 0 Å². The molecule has 0 radical (unpaired) electrons. The summed E-state index contributed by atoms with van der Waals surface area (Å²) in [5.41, 5.74) is 1.05. The highest BCUT2D eigenvalue weighted by Crippen LogP contribution is 2.57. The van der Waals surface area contributed by atoms with Crippen LogP contribution >= 0.6 is 0 Å². The number of carbonyl (C=O) groups excluding carboxylic acids is 3. The Labute approximate surface area is 139 Å². The van der Waals surface area contributed by atoms with Gasteiger partial charge in [-0.15, -0.1) is 0 Å². The number of anilines is 1. The molecule has 1 N–H and O–H groups in total. The minimum Gasteiger partial charge on any atom is -0.462 e. The van der Waals surface area contributed by atoms with Crippen molar-refractivity contribution in [3.63, 3.8) is 0 Å². The van der Waals surface area contributed by atoms with Gasteiger partial charge in [0.15, 0.2) is 0 Å². The van der Waals surface area contributed by atoms with Gasteiger partial charge in [0.25, 0.3) is 0 Å². The van der Waals surface area contributed by atoms with Crippen LogP contribution in [0.15, 0.2) is 24.3 Å². The van der Waals surface area contributed by atoms with Crippen molar-refractivity contribution in [3.05, 3.63) is 29.8 Å². The van der Waals surface area contributed by atoms with Gasteiger partial charge in [0, 0.05) is 11.6 Å². The van der Waals surface area contributed by atoms with Crippen LogP contribution in [0.2, 0.25) is 0 Å². The summed E-state index contributed by atoms with van der Waals surface area (Å²) in [6.45, 7) is 2.07. The van der Waals surface area contributed by atoms with E-state index in [1.165, 1.54) is 0 Å². The molecule has 1 saturated heterocycles. The molecule has 1 aromatic rings. The van der Waals surface area contributed by atoms with Crippen molar-refractivity contribution in [3.8, 4) is 0 Å². The third kappa shape index (κ3) is 2.28. The van der Waals surface area contributed by atoms with Gasteiger partial charge in [-0.05, 0) is 49.9 Å². The quantitative estimate of drug-likeness (QED) is 0.855. The number of esters is 2. The smallest absolute Gasteiger partial charge is 0.338 e. The number of hydrogen-bond acceptors (Lipinski definition) is 5. The SMILES string of the molecule is CCOC(=O)c1ccc(NC(=O)[C@@H]2[C@@H]3C[C@@H]4[C@@H]2C(=O)O[C@@H]4C3)cc1. The fourth-order valence-corrected chi connectivity index (χ4v) is 4.49. The maximum absolute atomic E-state index is 12.6. The summed E-state index contributed by atoms with van der Waals surface area (Å²) in [7, 11) is 0. The molecule has 6 heteroatoms. The molecule has 2 aliphatic carbocycles. The van der Waals surface area contributed by atoms with E-state index in [4.69, 9.17) is 9.47 Å². The number of fused-ring (bicyclic) bond motifs is 1. The standard InChI is InChI=1S/C18H19NO5/c1-2-23-17(21)9-3-5-11(6-4-9)19-16(20)14-10-7-12-13(8-10)24-18(22)15(12)14/h3-6,10,12-15H,2,7-8H2,1H3,(H,19,20)/t10-,12+,13-,14-,15+/m1/s1. The fraction of sp³-hybridized carbons (Fsp3) is 0.500. The zero-order chi connectivity index (χ0) is 16.8. The molecular weight excluding hydrogens is 310 g/mol. The Balaban J connectivity index is 1.45. The molecular formula is C18H19NO5. The Kier molecular flexibility index (Phi) is 3.55. The van der Waals surface area contributed by atoms with Crippen molar-refractivity contribution in [2.24, 2.45) is 23.7 Å². The number of benzene rings is 1. The van der Waals surface area contributed by atoms with Gasteiger partial charge in [-0.1, -0.05) is 0 Å². The van der Waals surface area contributed by atoms with E-state index in [0.29, 0.717) is 17.9 Å². The minimum absolute atomic E-state index is 0.0282. The molecule has 3 aliphatic rings. The van der Waals surface area contributed by atoms with Gasteiger partial charge in [-0.2, -0.15) is 0 Å². The van der Waals surface area contributed by atoms with Crippen LogP contribution in [0.3, 0.4) is 0 Å². The van der Waals surface area contributed by atoms with Crippen molar-refractivity contribution < 1.29 is 23.9 Å². The summed E-state index contributed by atoms with van der Waals surface area (Å²) in [5, 5.41) is 2.87. The van der Waals surface area contributed by atoms with E-state index in [0.717, 1.165) is 12.8 Å². The molecule has 2 saturated carbocycles. The maximum Gasteiger partial charge on any atom is 0.338 e. The van der Waals surface area contributed by atoms with Crippen LogP contribution in [0, 0.1) is 23.7 Å². The molecule has 4 rings (SSSR count). The van der Waals surface area contributed by atoms with Crippen LogP contribution in [0.25, 0.3) is 0 Å². The summed E-state index contributed by atoms with van der Waals surface area (Å²) in [6.07, 6.45) is 1.73. The first kappa shape index (κ1) is 15.2. The average molecular weight is 329 g/mol. The lowest BCUT2D eigenvalue weighted by molar-refractivity contribution is -0.145. The largest absolute Gasteiger partial charge is 0.462 e. The van der Waals surface area contributed by atoms with Crippen LogP contribution in [-0.4, -0.2) is 30.6 Å². The van der Waals surface area contributed by atoms with Crippen molar-refractivity contribution in [2.45, 2.75) is 25.9 Å². The zero-order valence-corrected chi connectivity index (χ0v) is 13.4. The van der Waals surface area contributed by atoms with E-state index >= 15 is 0 Å². The molecule has 1 amide bonds. The molecule has 6 nitrogen and oxygen atoms in total. The van der Waals surface area contributed by atoms with E-state index in [1.807, 2.05) is 0 Å². The lowest BCUT2D eigenvalue weighted by Gasteiger charge is -2.23. The number of hydrogen-bond donors (Lipinski definition) is 1. The summed E-state index contributed by atoms with van der Waals surface area (Å²) in [4.78, 5) is 36.3. The predicted octanol–water partition coefficient (Wildman–Crippen LogP) is 2.00. The zero-order valence-electron chi connectivity index (χ0n) is 13.4. The van der Waals surface area contributed by atoms with Crippen LogP contribution in [-0.2, 0) is 19.1 Å². The third-order valence-electron chi connectivity index (χ3n) is 5.45. The van der Waals surface area contributed by atoms with E-state index in [1.54, 1.807) is 31.2 Å². The number of carbonyl (C=O) groups is 3. The normalized spacial score (nSPS) is 32.5. The molecule has 3 fully saturated rings. The third-order valence-corrected chi connectivity index (χ3v) is 5.45. The molecule has 0 unspecified atom stereocenters. The van der Waals surface area contributed by atoms with Gasteiger partial charge in [0.05, 0.1) is 24.0 Å². The Morgan fingerprint density at radius 2 is 2.00 bits per heavy atom. The summed E-state index contributed by atoms with van der Waals surface area (Å²) >= 11 is 0. The Bertz CT molecular complexity index is 696. The van der Waals surface area contributed by atoms with Gasteiger partial charge in [0.2, 0.25) is 5.91 Å². The monoisotopic (exact) mass is 329 g/mol. The number of rotatable bonds is 4. The maximum atomic E-state index is 12.6. The second kappa shape index (κ2) is 5.61. The lowest BCUT2D eigenvalue weighted by Crippen LogP contribution is -2.35. The highest BCUT2D eigenvalue weighted by molar-refractivity contribution is 5.97. The van der Waals surface area contributed by atoms with Gasteiger partial charge < -0.3 is 14.8 Å². The second-order valence-corrected chi connectivity index (χ2v) is 6.71. The summed E-state index contributed by atoms with van der Waals surface area (Å²) in [5.74, 6) is -0.877. The van der Waals surface area contributed by atoms with Crippen molar-refractivity contribution in [2.75, 3.05) is 11.9 Å². The fourth-order valence-electron chi connectivity index (χ4n) is 4.49. The van der Waals surface area contributed by atoms with E-state index in [2.05, 4.69) is 5.32 Å². The van der Waals surface area contributed by atoms with Crippen LogP contribution in [0.4, 0.5) is 5.69 Å². The van der Waals surface area contributed by atoms with Gasteiger partial charge >= 0.3 is 11.9 Å². The Morgan fingerprint density at radius 1 is 1.25 bits per heavy atom. The number of amides is 1. The summed E-state index contributed by atoms with van der Waals surface area (Å²) in [6, 6.07) is 6.59. The first-order chi connectivity index (χ1) is 11.6. The highest BCUT2D eigenvalue weighted by Gasteiger charge is 2.63. The predicted molar refractivity (Wildman–Crippen MR) is 84.1 cm³/mol. The first-order valence-corrected chi connectivity index (χ1v) is 8.37. The first-order valence-electron chi connectivity index (χ1n) is 8.37. The molecule has 24 heavy (non-hydrogen) atoms. The molecule has 5 atom stereocenters. The molecule has 0 spiro atoms. The molecule has 2 bridgehead atoms. The average Bonchev–Trinajstić information content (AvgIpc) is 3.17. The van der Waals surface area contributed by atoms with Crippen molar-refractivity contribution >= 4 is 23.5 Å². The van der Waals surface area contributed by atoms with Crippen LogP contribution in [0.1, 0.15) is 30.1 Å². The van der Waals surface area contributed by atoms with E-state index in [-0.39, 0.29) is 47.6 Å². The molecule has 126 valence electrons. The number of nitrogens with one attached hydrogen (secondary N) is 1. The molecule has 1 heterocycles. The molecule has 1 aromatic carbocycles. The van der Waals surface area contributed by atoms with E-state index < -0.39 is 0 Å². The highest BCUT2D eigenvalue weighted by atomic mass is 16.6. The minimum atomic E-state index is -0.386. The molecule has 1 aliphatic heterocycles. The van der Waals surface area contributed by atoms with Crippen LogP contribution < -0.4 is 5.32 Å². The lowest BCUT2D eigenvalue weighted by atomic mass is 9.79. The van der Waals surface area contributed by atoms with Crippen molar-refractivity contribution in [1.29, 1.82) is 0 Å². The van der Waals surface area contributed by atoms with Gasteiger partial charge in [-0.25, -0.2) is 4.79 Å². The van der Waals surface area contributed by atoms with Gasteiger partial charge in [0.1, 0.15) is 6.10 Å². The number of ether oxygens (including phenoxy) is 2. The van der Waals surface area contributed by atoms with E-state index in [9.17, 15) is 14.4 Å². The Morgan fingerprint density at radius 3 is 2.71 bits per heavy atom. The Hall–Kier alpha value is -2.37. The topological polar surface area (TPSA) is 81.7 Å².